The second kappa shape index (κ2) is 8.11. The van der Waals surface area contributed by atoms with E-state index in [4.69, 9.17) is 23.2 Å². The summed E-state index contributed by atoms with van der Waals surface area (Å²) in [4.78, 5) is 24.5. The van der Waals surface area contributed by atoms with Crippen molar-refractivity contribution in [1.82, 2.24) is 5.32 Å². The Kier molecular flexibility index (Phi) is 5.84. The Labute approximate surface area is 162 Å². The Balaban J connectivity index is 1.45. The fourth-order valence-electron chi connectivity index (χ4n) is 2.86. The summed E-state index contributed by atoms with van der Waals surface area (Å²) in [7, 11) is 0. The second-order valence-corrected chi connectivity index (χ2v) is 7.36. The van der Waals surface area contributed by atoms with Gasteiger partial charge in [-0.1, -0.05) is 41.4 Å². The van der Waals surface area contributed by atoms with E-state index in [0.29, 0.717) is 28.7 Å². The zero-order chi connectivity index (χ0) is 18.7. The molecule has 2 atom stereocenters. The van der Waals surface area contributed by atoms with Gasteiger partial charge in [0.1, 0.15) is 0 Å². The van der Waals surface area contributed by atoms with Crippen LogP contribution in [0.1, 0.15) is 17.5 Å². The van der Waals surface area contributed by atoms with Crippen LogP contribution in [-0.4, -0.2) is 18.4 Å². The first-order chi connectivity index (χ1) is 12.5. The minimum absolute atomic E-state index is 0.0677. The molecule has 0 spiro atoms. The average molecular weight is 391 g/mol. The Hall–Kier alpha value is -2.04. The van der Waals surface area contributed by atoms with E-state index >= 15 is 0 Å². The molecule has 2 N–H and O–H groups in total. The van der Waals surface area contributed by atoms with Crippen LogP contribution in [0.15, 0.2) is 42.5 Å². The van der Waals surface area contributed by atoms with Gasteiger partial charge in [0.25, 0.3) is 0 Å². The van der Waals surface area contributed by atoms with Crippen LogP contribution >= 0.6 is 23.2 Å². The molecule has 136 valence electrons. The minimum Gasteiger partial charge on any atom is -0.356 e. The maximum absolute atomic E-state index is 12.3. The van der Waals surface area contributed by atoms with Crippen molar-refractivity contribution in [3.05, 3.63) is 63.6 Å². The number of anilines is 1. The van der Waals surface area contributed by atoms with Gasteiger partial charge in [0, 0.05) is 22.3 Å². The highest BCUT2D eigenvalue weighted by molar-refractivity contribution is 6.31. The summed E-state index contributed by atoms with van der Waals surface area (Å²) >= 11 is 11.9. The van der Waals surface area contributed by atoms with Gasteiger partial charge >= 0.3 is 0 Å². The Morgan fingerprint density at radius 2 is 1.73 bits per heavy atom. The summed E-state index contributed by atoms with van der Waals surface area (Å²) < 4.78 is 0. The van der Waals surface area contributed by atoms with Crippen molar-refractivity contribution >= 4 is 40.7 Å². The lowest BCUT2D eigenvalue weighted by Gasteiger charge is -2.09. The summed E-state index contributed by atoms with van der Waals surface area (Å²) in [5.41, 5.74) is 2.62. The number of carbonyl (C=O) groups is 2. The number of hydrogen-bond donors (Lipinski definition) is 2. The van der Waals surface area contributed by atoms with Gasteiger partial charge in [-0.3, -0.25) is 9.59 Å². The van der Waals surface area contributed by atoms with Crippen molar-refractivity contribution in [2.75, 3.05) is 11.9 Å². The molecular weight excluding hydrogens is 371 g/mol. The molecule has 0 heterocycles. The summed E-state index contributed by atoms with van der Waals surface area (Å²) in [6.45, 7) is 2.39. The lowest BCUT2D eigenvalue weighted by Crippen LogP contribution is -2.29. The van der Waals surface area contributed by atoms with Crippen molar-refractivity contribution in [1.29, 1.82) is 0 Å². The maximum Gasteiger partial charge on any atom is 0.228 e. The smallest absolute Gasteiger partial charge is 0.228 e. The molecule has 4 nitrogen and oxygen atoms in total. The molecule has 0 bridgehead atoms. The summed E-state index contributed by atoms with van der Waals surface area (Å²) in [5, 5.41) is 7.07. The predicted molar refractivity (Wildman–Crippen MR) is 105 cm³/mol. The quantitative estimate of drug-likeness (QED) is 0.774. The number of benzene rings is 2. The molecular formula is C20H20Cl2N2O2. The van der Waals surface area contributed by atoms with Crippen molar-refractivity contribution < 1.29 is 9.59 Å². The SMILES string of the molecule is Cc1c(Cl)cccc1NC(=O)C1CC1C(=O)NCCc1ccc(Cl)cc1. The molecule has 1 fully saturated rings. The van der Waals surface area contributed by atoms with Crippen LogP contribution in [0, 0.1) is 18.8 Å². The molecule has 3 rings (SSSR count). The van der Waals surface area contributed by atoms with E-state index in [1.807, 2.05) is 37.3 Å². The third-order valence-electron chi connectivity index (χ3n) is 4.62. The van der Waals surface area contributed by atoms with E-state index < -0.39 is 0 Å². The van der Waals surface area contributed by atoms with Gasteiger partial charge in [0.2, 0.25) is 11.8 Å². The van der Waals surface area contributed by atoms with E-state index in [2.05, 4.69) is 10.6 Å². The number of halogens is 2. The first kappa shape index (κ1) is 18.7. The highest BCUT2D eigenvalue weighted by atomic mass is 35.5. The first-order valence-electron chi connectivity index (χ1n) is 8.54. The highest BCUT2D eigenvalue weighted by Crippen LogP contribution is 2.39. The fraction of sp³-hybridized carbons (Fsp3) is 0.300. The van der Waals surface area contributed by atoms with Crippen LogP contribution in [0.5, 0.6) is 0 Å². The van der Waals surface area contributed by atoms with Crippen LogP contribution in [0.4, 0.5) is 5.69 Å². The van der Waals surface area contributed by atoms with E-state index in [-0.39, 0.29) is 23.7 Å². The topological polar surface area (TPSA) is 58.2 Å². The van der Waals surface area contributed by atoms with E-state index in [1.54, 1.807) is 12.1 Å². The molecule has 2 aromatic carbocycles. The van der Waals surface area contributed by atoms with E-state index in [9.17, 15) is 9.59 Å². The first-order valence-corrected chi connectivity index (χ1v) is 9.29. The van der Waals surface area contributed by atoms with Crippen molar-refractivity contribution in [2.45, 2.75) is 19.8 Å². The summed E-state index contributed by atoms with van der Waals surface area (Å²) in [6, 6.07) is 12.9. The molecule has 2 aromatic rings. The van der Waals surface area contributed by atoms with E-state index in [0.717, 1.165) is 17.5 Å². The summed E-state index contributed by atoms with van der Waals surface area (Å²) in [6.07, 6.45) is 1.31. The molecule has 1 saturated carbocycles. The summed E-state index contributed by atoms with van der Waals surface area (Å²) in [5.74, 6) is -0.723. The second-order valence-electron chi connectivity index (χ2n) is 6.52. The predicted octanol–water partition coefficient (Wildman–Crippen LogP) is 4.24. The number of carbonyl (C=O) groups excluding carboxylic acids is 2. The third-order valence-corrected chi connectivity index (χ3v) is 5.28. The molecule has 6 heteroatoms. The highest BCUT2D eigenvalue weighted by Gasteiger charge is 2.47. The van der Waals surface area contributed by atoms with Crippen LogP contribution in [0.3, 0.4) is 0 Å². The molecule has 26 heavy (non-hydrogen) atoms. The van der Waals surface area contributed by atoms with Gasteiger partial charge in [-0.05, 0) is 55.2 Å². The van der Waals surface area contributed by atoms with E-state index in [1.165, 1.54) is 0 Å². The van der Waals surface area contributed by atoms with Gasteiger partial charge in [-0.15, -0.1) is 0 Å². The lowest BCUT2D eigenvalue weighted by molar-refractivity contribution is -0.125. The van der Waals surface area contributed by atoms with Gasteiger partial charge in [0.05, 0.1) is 11.8 Å². The molecule has 0 saturated heterocycles. The molecule has 2 unspecified atom stereocenters. The molecule has 0 radical (unpaired) electrons. The zero-order valence-corrected chi connectivity index (χ0v) is 15.9. The Morgan fingerprint density at radius 1 is 1.04 bits per heavy atom. The van der Waals surface area contributed by atoms with Gasteiger partial charge in [-0.25, -0.2) is 0 Å². The van der Waals surface area contributed by atoms with Gasteiger partial charge in [-0.2, -0.15) is 0 Å². The zero-order valence-electron chi connectivity index (χ0n) is 14.4. The number of rotatable bonds is 6. The van der Waals surface area contributed by atoms with Crippen LogP contribution in [0.25, 0.3) is 0 Å². The van der Waals surface area contributed by atoms with Crippen molar-refractivity contribution in [2.24, 2.45) is 11.8 Å². The lowest BCUT2D eigenvalue weighted by atomic mass is 10.1. The molecule has 0 aromatic heterocycles. The maximum atomic E-state index is 12.3. The third kappa shape index (κ3) is 4.57. The normalized spacial score (nSPS) is 18.3. The molecule has 1 aliphatic carbocycles. The fourth-order valence-corrected chi connectivity index (χ4v) is 3.16. The van der Waals surface area contributed by atoms with Gasteiger partial charge < -0.3 is 10.6 Å². The van der Waals surface area contributed by atoms with Crippen molar-refractivity contribution in [3.8, 4) is 0 Å². The average Bonchev–Trinajstić information content (AvgIpc) is 3.41. The standard InChI is InChI=1S/C20H20Cl2N2O2/c1-12-17(22)3-2-4-18(12)24-20(26)16-11-15(16)19(25)23-10-9-13-5-7-14(21)8-6-13/h2-8,15-16H,9-11H2,1H3,(H,23,25)(H,24,26). The minimum atomic E-state index is -0.274. The molecule has 2 amide bonds. The number of nitrogens with one attached hydrogen (secondary N) is 2. The van der Waals surface area contributed by atoms with Crippen LogP contribution in [0.2, 0.25) is 10.0 Å². The van der Waals surface area contributed by atoms with Crippen LogP contribution < -0.4 is 10.6 Å². The monoisotopic (exact) mass is 390 g/mol. The molecule has 0 aliphatic heterocycles. The van der Waals surface area contributed by atoms with Crippen LogP contribution in [-0.2, 0) is 16.0 Å². The van der Waals surface area contributed by atoms with Crippen molar-refractivity contribution in [3.63, 3.8) is 0 Å². The van der Waals surface area contributed by atoms with Gasteiger partial charge in [0.15, 0.2) is 0 Å². The number of amides is 2. The molecule has 1 aliphatic rings. The largest absolute Gasteiger partial charge is 0.356 e. The Morgan fingerprint density at radius 3 is 2.46 bits per heavy atom. The Bertz CT molecular complexity index is 821. The number of hydrogen-bond acceptors (Lipinski definition) is 2.